The van der Waals surface area contributed by atoms with E-state index in [4.69, 9.17) is 9.15 Å². The fourth-order valence-electron chi connectivity index (χ4n) is 2.30. The molecule has 1 saturated carbocycles. The van der Waals surface area contributed by atoms with E-state index in [0.717, 1.165) is 25.5 Å². The average Bonchev–Trinajstić information content (AvgIpc) is 3.04. The molecule has 96 valence electrons. The van der Waals surface area contributed by atoms with Crippen molar-refractivity contribution in [1.82, 2.24) is 5.32 Å². The van der Waals surface area contributed by atoms with Crippen LogP contribution < -0.4 is 5.32 Å². The Morgan fingerprint density at radius 2 is 2.29 bits per heavy atom. The maximum absolute atomic E-state index is 5.94. The van der Waals surface area contributed by atoms with E-state index >= 15 is 0 Å². The highest BCUT2D eigenvalue weighted by atomic mass is 16.5. The van der Waals surface area contributed by atoms with Crippen LogP contribution in [0.3, 0.4) is 0 Å². The van der Waals surface area contributed by atoms with Crippen LogP contribution in [0.2, 0.25) is 0 Å². The summed E-state index contributed by atoms with van der Waals surface area (Å²) in [5, 5.41) is 3.59. The number of hydrogen-bond acceptors (Lipinski definition) is 3. The van der Waals surface area contributed by atoms with Gasteiger partial charge in [-0.25, -0.2) is 0 Å². The number of furan rings is 1. The van der Waals surface area contributed by atoms with E-state index in [1.807, 2.05) is 12.3 Å². The van der Waals surface area contributed by atoms with Crippen LogP contribution in [0.4, 0.5) is 0 Å². The number of nitrogens with one attached hydrogen (secondary N) is 1. The maximum Gasteiger partial charge on any atom is 0.0951 e. The predicted molar refractivity (Wildman–Crippen MR) is 67.9 cm³/mol. The van der Waals surface area contributed by atoms with Gasteiger partial charge in [0.15, 0.2) is 0 Å². The normalized spacial score (nSPS) is 19.2. The van der Waals surface area contributed by atoms with Crippen molar-refractivity contribution < 1.29 is 9.15 Å². The van der Waals surface area contributed by atoms with Gasteiger partial charge in [-0.3, -0.25) is 0 Å². The van der Waals surface area contributed by atoms with Gasteiger partial charge in [0.1, 0.15) is 0 Å². The fourth-order valence-corrected chi connectivity index (χ4v) is 2.30. The molecule has 2 atom stereocenters. The number of rotatable bonds is 8. The van der Waals surface area contributed by atoms with Gasteiger partial charge in [-0.2, -0.15) is 0 Å². The number of ether oxygens (including phenoxy) is 1. The van der Waals surface area contributed by atoms with Crippen LogP contribution in [0, 0.1) is 5.92 Å². The van der Waals surface area contributed by atoms with Crippen molar-refractivity contribution in [2.45, 2.75) is 45.3 Å². The first-order chi connectivity index (χ1) is 8.36. The second kappa shape index (κ2) is 6.22. The molecule has 2 rings (SSSR count). The van der Waals surface area contributed by atoms with Crippen LogP contribution in [0.25, 0.3) is 0 Å². The highest BCUT2D eigenvalue weighted by molar-refractivity contribution is 5.15. The molecule has 1 aliphatic carbocycles. The van der Waals surface area contributed by atoms with Gasteiger partial charge >= 0.3 is 0 Å². The van der Waals surface area contributed by atoms with Crippen LogP contribution in [0.5, 0.6) is 0 Å². The standard InChI is InChI=1S/C14H23NO2/c1-3-8-15-13(12-7-9-16-10-12)14(17-4-2)11-5-6-11/h7,9-11,13-15H,3-6,8H2,1-2H3. The van der Waals surface area contributed by atoms with Crippen LogP contribution in [0.15, 0.2) is 23.0 Å². The lowest BCUT2D eigenvalue weighted by atomic mass is 10.0. The van der Waals surface area contributed by atoms with E-state index < -0.39 is 0 Å². The Labute approximate surface area is 104 Å². The lowest BCUT2D eigenvalue weighted by Gasteiger charge is -2.27. The molecule has 1 N–H and O–H groups in total. The monoisotopic (exact) mass is 237 g/mol. The topological polar surface area (TPSA) is 34.4 Å². The molecule has 0 saturated heterocycles. The molecule has 0 aliphatic heterocycles. The highest BCUT2D eigenvalue weighted by Gasteiger charge is 2.38. The summed E-state index contributed by atoms with van der Waals surface area (Å²) < 4.78 is 11.2. The first-order valence-corrected chi connectivity index (χ1v) is 6.73. The molecule has 1 aromatic heterocycles. The zero-order chi connectivity index (χ0) is 12.1. The Hall–Kier alpha value is -0.800. The fraction of sp³-hybridized carbons (Fsp3) is 0.714. The molecule has 0 radical (unpaired) electrons. The maximum atomic E-state index is 5.94. The molecular weight excluding hydrogens is 214 g/mol. The van der Waals surface area contributed by atoms with Gasteiger partial charge in [-0.1, -0.05) is 6.92 Å². The van der Waals surface area contributed by atoms with Crippen molar-refractivity contribution >= 4 is 0 Å². The van der Waals surface area contributed by atoms with E-state index in [1.54, 1.807) is 6.26 Å². The van der Waals surface area contributed by atoms with E-state index in [-0.39, 0.29) is 6.04 Å². The molecule has 1 aromatic rings. The zero-order valence-electron chi connectivity index (χ0n) is 10.8. The highest BCUT2D eigenvalue weighted by Crippen LogP contribution is 2.40. The smallest absolute Gasteiger partial charge is 0.0951 e. The summed E-state index contributed by atoms with van der Waals surface area (Å²) in [5.41, 5.74) is 1.21. The van der Waals surface area contributed by atoms with Crippen molar-refractivity contribution in [3.63, 3.8) is 0 Å². The van der Waals surface area contributed by atoms with Gasteiger partial charge in [0.2, 0.25) is 0 Å². The van der Waals surface area contributed by atoms with Gasteiger partial charge < -0.3 is 14.5 Å². The lowest BCUT2D eigenvalue weighted by molar-refractivity contribution is 0.0184. The molecule has 3 heteroatoms. The third kappa shape index (κ3) is 3.33. The summed E-state index contributed by atoms with van der Waals surface area (Å²) in [5.74, 6) is 0.721. The minimum absolute atomic E-state index is 0.279. The van der Waals surface area contributed by atoms with E-state index in [1.165, 1.54) is 18.4 Å². The van der Waals surface area contributed by atoms with Crippen molar-refractivity contribution in [1.29, 1.82) is 0 Å². The van der Waals surface area contributed by atoms with Crippen molar-refractivity contribution in [2.24, 2.45) is 5.92 Å². The molecule has 0 aromatic carbocycles. The second-order valence-corrected chi connectivity index (χ2v) is 4.75. The number of hydrogen-bond donors (Lipinski definition) is 1. The van der Waals surface area contributed by atoms with Gasteiger partial charge in [0, 0.05) is 12.2 Å². The molecule has 17 heavy (non-hydrogen) atoms. The Balaban J connectivity index is 2.06. The quantitative estimate of drug-likeness (QED) is 0.754. The Morgan fingerprint density at radius 1 is 1.47 bits per heavy atom. The predicted octanol–water partition coefficient (Wildman–Crippen LogP) is 3.14. The van der Waals surface area contributed by atoms with E-state index in [2.05, 4.69) is 19.2 Å². The van der Waals surface area contributed by atoms with E-state index in [9.17, 15) is 0 Å². The van der Waals surface area contributed by atoms with Crippen LogP contribution >= 0.6 is 0 Å². The van der Waals surface area contributed by atoms with Gasteiger partial charge in [0.05, 0.1) is 24.7 Å². The Kier molecular flexibility index (Phi) is 4.63. The summed E-state index contributed by atoms with van der Waals surface area (Å²) in [4.78, 5) is 0. The molecule has 3 nitrogen and oxygen atoms in total. The average molecular weight is 237 g/mol. The SMILES string of the molecule is CCCNC(c1ccoc1)C(OCC)C1CC1. The third-order valence-corrected chi connectivity index (χ3v) is 3.29. The zero-order valence-corrected chi connectivity index (χ0v) is 10.8. The third-order valence-electron chi connectivity index (χ3n) is 3.29. The van der Waals surface area contributed by atoms with Crippen LogP contribution in [-0.4, -0.2) is 19.3 Å². The van der Waals surface area contributed by atoms with Crippen molar-refractivity contribution in [3.8, 4) is 0 Å². The molecule has 1 aliphatic rings. The summed E-state index contributed by atoms with van der Waals surface area (Å²) in [6, 6.07) is 2.32. The van der Waals surface area contributed by atoms with Gasteiger partial charge in [-0.15, -0.1) is 0 Å². The summed E-state index contributed by atoms with van der Waals surface area (Å²) >= 11 is 0. The summed E-state index contributed by atoms with van der Waals surface area (Å²) in [6.07, 6.45) is 7.61. The molecule has 0 spiro atoms. The summed E-state index contributed by atoms with van der Waals surface area (Å²) in [6.45, 7) is 6.06. The van der Waals surface area contributed by atoms with Gasteiger partial charge in [0.25, 0.3) is 0 Å². The molecular formula is C14H23NO2. The Bertz CT molecular complexity index is 306. The minimum atomic E-state index is 0.279. The van der Waals surface area contributed by atoms with E-state index in [0.29, 0.717) is 6.10 Å². The Morgan fingerprint density at radius 3 is 2.82 bits per heavy atom. The molecule has 2 unspecified atom stereocenters. The molecule has 1 fully saturated rings. The van der Waals surface area contributed by atoms with Crippen molar-refractivity contribution in [3.05, 3.63) is 24.2 Å². The van der Waals surface area contributed by atoms with Crippen molar-refractivity contribution in [2.75, 3.05) is 13.2 Å². The lowest BCUT2D eigenvalue weighted by Crippen LogP contribution is -2.35. The summed E-state index contributed by atoms with van der Waals surface area (Å²) in [7, 11) is 0. The first-order valence-electron chi connectivity index (χ1n) is 6.73. The van der Waals surface area contributed by atoms with Crippen LogP contribution in [0.1, 0.15) is 44.7 Å². The molecule has 0 amide bonds. The molecule has 0 bridgehead atoms. The first kappa shape index (κ1) is 12.7. The van der Waals surface area contributed by atoms with Crippen LogP contribution in [-0.2, 0) is 4.74 Å². The van der Waals surface area contributed by atoms with Gasteiger partial charge in [-0.05, 0) is 44.7 Å². The largest absolute Gasteiger partial charge is 0.472 e. The second-order valence-electron chi connectivity index (χ2n) is 4.75. The molecule has 1 heterocycles. The minimum Gasteiger partial charge on any atom is -0.472 e.